The third kappa shape index (κ3) is 4.44. The first-order valence-electron chi connectivity index (χ1n) is 8.86. The lowest BCUT2D eigenvalue weighted by Crippen LogP contribution is -2.54. The van der Waals surface area contributed by atoms with Crippen LogP contribution in [-0.2, 0) is 14.3 Å². The maximum absolute atomic E-state index is 12.4. The smallest absolute Gasteiger partial charge is 0.237 e. The number of nitrogens with one attached hydrogen (secondary N) is 1. The highest BCUT2D eigenvalue weighted by atomic mass is 16.5. The largest absolute Gasteiger partial charge is 0.385 e. The van der Waals surface area contributed by atoms with E-state index in [2.05, 4.69) is 10.2 Å². The first-order valence-corrected chi connectivity index (χ1v) is 8.86. The summed E-state index contributed by atoms with van der Waals surface area (Å²) in [5.74, 6) is 0.247. The van der Waals surface area contributed by atoms with Gasteiger partial charge in [0.2, 0.25) is 11.8 Å². The summed E-state index contributed by atoms with van der Waals surface area (Å²) in [4.78, 5) is 28.5. The van der Waals surface area contributed by atoms with Crippen LogP contribution in [0.15, 0.2) is 0 Å². The molecular formula is C17H31N3O3. The summed E-state index contributed by atoms with van der Waals surface area (Å²) in [6, 6.07) is 0.458. The molecule has 3 atom stereocenters. The normalized spacial score (nSPS) is 26.5. The van der Waals surface area contributed by atoms with Crippen molar-refractivity contribution in [3.05, 3.63) is 0 Å². The van der Waals surface area contributed by atoms with E-state index in [0.29, 0.717) is 19.2 Å². The fraction of sp³-hybridized carbons (Fsp3) is 0.882. The second-order valence-corrected chi connectivity index (χ2v) is 6.68. The topological polar surface area (TPSA) is 61.9 Å². The van der Waals surface area contributed by atoms with Crippen molar-refractivity contribution >= 4 is 11.8 Å². The molecule has 2 saturated heterocycles. The second-order valence-electron chi connectivity index (χ2n) is 6.68. The number of likely N-dealkylation sites (tertiary alicyclic amines) is 2. The Morgan fingerprint density at radius 3 is 2.61 bits per heavy atom. The SMILES string of the molecule is COCCCNC(=O)[C@H](C)N1CCC[C@@H]1[C@@H]1CCCN1C(C)=O. The average Bonchev–Trinajstić information content (AvgIpc) is 3.18. The molecule has 2 heterocycles. The van der Waals surface area contributed by atoms with Gasteiger partial charge in [0, 0.05) is 45.8 Å². The van der Waals surface area contributed by atoms with Gasteiger partial charge in [0.15, 0.2) is 0 Å². The Kier molecular flexibility index (Phi) is 6.84. The van der Waals surface area contributed by atoms with Crippen LogP contribution in [0.1, 0.15) is 46.0 Å². The fourth-order valence-electron chi connectivity index (χ4n) is 4.02. The highest BCUT2D eigenvalue weighted by Crippen LogP contribution is 2.31. The summed E-state index contributed by atoms with van der Waals surface area (Å²) in [7, 11) is 1.67. The Bertz CT molecular complexity index is 416. The van der Waals surface area contributed by atoms with E-state index in [1.54, 1.807) is 14.0 Å². The van der Waals surface area contributed by atoms with Crippen LogP contribution in [0.2, 0.25) is 0 Å². The summed E-state index contributed by atoms with van der Waals surface area (Å²) in [6.45, 7) is 6.76. The second kappa shape index (κ2) is 8.64. The maximum atomic E-state index is 12.4. The number of nitrogens with zero attached hydrogens (tertiary/aromatic N) is 2. The molecule has 0 saturated carbocycles. The Labute approximate surface area is 139 Å². The Morgan fingerprint density at radius 1 is 1.22 bits per heavy atom. The summed E-state index contributed by atoms with van der Waals surface area (Å²) < 4.78 is 5.00. The molecule has 23 heavy (non-hydrogen) atoms. The maximum Gasteiger partial charge on any atom is 0.237 e. The van der Waals surface area contributed by atoms with Gasteiger partial charge >= 0.3 is 0 Å². The zero-order valence-electron chi connectivity index (χ0n) is 14.7. The Morgan fingerprint density at radius 2 is 1.91 bits per heavy atom. The third-order valence-corrected chi connectivity index (χ3v) is 5.19. The van der Waals surface area contributed by atoms with Crippen LogP contribution in [0.25, 0.3) is 0 Å². The minimum Gasteiger partial charge on any atom is -0.385 e. The molecule has 2 fully saturated rings. The third-order valence-electron chi connectivity index (χ3n) is 5.19. The number of methoxy groups -OCH3 is 1. The highest BCUT2D eigenvalue weighted by molar-refractivity contribution is 5.81. The van der Waals surface area contributed by atoms with Gasteiger partial charge in [-0.2, -0.15) is 0 Å². The van der Waals surface area contributed by atoms with Crippen molar-refractivity contribution in [3.63, 3.8) is 0 Å². The molecule has 132 valence electrons. The van der Waals surface area contributed by atoms with Gasteiger partial charge in [-0.1, -0.05) is 0 Å². The zero-order valence-corrected chi connectivity index (χ0v) is 14.7. The van der Waals surface area contributed by atoms with E-state index in [1.807, 2.05) is 11.8 Å². The summed E-state index contributed by atoms with van der Waals surface area (Å²) in [6.07, 6.45) is 5.15. The summed E-state index contributed by atoms with van der Waals surface area (Å²) in [5, 5.41) is 3.00. The lowest BCUT2D eigenvalue weighted by Gasteiger charge is -2.37. The van der Waals surface area contributed by atoms with Crippen molar-refractivity contribution in [2.24, 2.45) is 0 Å². The molecule has 0 aromatic carbocycles. The average molecular weight is 325 g/mol. The standard InChI is InChI=1S/C17H31N3O3/c1-13(17(22)18-9-6-12-23-3)19-10-4-7-15(19)16-8-5-11-20(16)14(2)21/h13,15-16H,4-12H2,1-3H3,(H,18,22)/t13-,15+,16-/m0/s1. The molecule has 0 aliphatic carbocycles. The van der Waals surface area contributed by atoms with Gasteiger partial charge < -0.3 is 15.0 Å². The molecule has 0 spiro atoms. The molecule has 0 unspecified atom stereocenters. The van der Waals surface area contributed by atoms with E-state index in [1.165, 1.54) is 0 Å². The van der Waals surface area contributed by atoms with Crippen LogP contribution >= 0.6 is 0 Å². The minimum atomic E-state index is -0.139. The van der Waals surface area contributed by atoms with E-state index in [4.69, 9.17) is 4.74 Å². The van der Waals surface area contributed by atoms with E-state index in [9.17, 15) is 9.59 Å². The monoisotopic (exact) mass is 325 g/mol. The molecule has 2 aliphatic rings. The molecule has 6 heteroatoms. The first kappa shape index (κ1) is 18.2. The van der Waals surface area contributed by atoms with Crippen molar-refractivity contribution in [2.45, 2.75) is 64.1 Å². The van der Waals surface area contributed by atoms with Gasteiger partial charge in [0.1, 0.15) is 0 Å². The van der Waals surface area contributed by atoms with Crippen molar-refractivity contribution < 1.29 is 14.3 Å². The number of hydrogen-bond donors (Lipinski definition) is 1. The highest BCUT2D eigenvalue weighted by Gasteiger charge is 2.41. The predicted molar refractivity (Wildman–Crippen MR) is 89.1 cm³/mol. The number of ether oxygens (including phenoxy) is 1. The number of rotatable bonds is 7. The molecule has 6 nitrogen and oxygen atoms in total. The number of carbonyl (C=O) groups is 2. The quantitative estimate of drug-likeness (QED) is 0.710. The lowest BCUT2D eigenvalue weighted by atomic mass is 10.0. The van der Waals surface area contributed by atoms with Gasteiger partial charge in [-0.05, 0) is 45.6 Å². The summed E-state index contributed by atoms with van der Waals surface area (Å²) >= 11 is 0. The minimum absolute atomic E-state index is 0.0837. The van der Waals surface area contributed by atoms with E-state index in [0.717, 1.165) is 45.2 Å². The van der Waals surface area contributed by atoms with E-state index >= 15 is 0 Å². The van der Waals surface area contributed by atoms with Crippen LogP contribution in [0.3, 0.4) is 0 Å². The van der Waals surface area contributed by atoms with Crippen molar-refractivity contribution in [2.75, 3.05) is 33.4 Å². The molecule has 0 radical (unpaired) electrons. The molecule has 0 aromatic heterocycles. The molecular weight excluding hydrogens is 294 g/mol. The van der Waals surface area contributed by atoms with Gasteiger partial charge in [0.25, 0.3) is 0 Å². The molecule has 2 amide bonds. The summed E-state index contributed by atoms with van der Waals surface area (Å²) in [5.41, 5.74) is 0. The molecule has 0 bridgehead atoms. The molecule has 0 aromatic rings. The fourth-order valence-corrected chi connectivity index (χ4v) is 4.02. The lowest BCUT2D eigenvalue weighted by molar-refractivity contribution is -0.131. The van der Waals surface area contributed by atoms with Crippen molar-refractivity contribution in [3.8, 4) is 0 Å². The van der Waals surface area contributed by atoms with E-state index in [-0.39, 0.29) is 23.9 Å². The zero-order chi connectivity index (χ0) is 16.8. The number of hydrogen-bond acceptors (Lipinski definition) is 4. The Hall–Kier alpha value is -1.14. The van der Waals surface area contributed by atoms with Crippen LogP contribution in [0.5, 0.6) is 0 Å². The van der Waals surface area contributed by atoms with Gasteiger partial charge in [-0.15, -0.1) is 0 Å². The van der Waals surface area contributed by atoms with Crippen LogP contribution in [-0.4, -0.2) is 73.1 Å². The molecule has 2 rings (SSSR count). The van der Waals surface area contributed by atoms with Gasteiger partial charge in [-0.25, -0.2) is 0 Å². The van der Waals surface area contributed by atoms with Gasteiger partial charge in [0.05, 0.1) is 6.04 Å². The number of carbonyl (C=O) groups excluding carboxylic acids is 2. The van der Waals surface area contributed by atoms with Crippen molar-refractivity contribution in [1.29, 1.82) is 0 Å². The first-order chi connectivity index (χ1) is 11.1. The molecule has 1 N–H and O–H groups in total. The predicted octanol–water partition coefficient (Wildman–Crippen LogP) is 1.00. The Balaban J connectivity index is 1.92. The van der Waals surface area contributed by atoms with Crippen LogP contribution in [0, 0.1) is 0 Å². The molecule has 2 aliphatic heterocycles. The van der Waals surface area contributed by atoms with E-state index < -0.39 is 0 Å². The van der Waals surface area contributed by atoms with Crippen molar-refractivity contribution in [1.82, 2.24) is 15.1 Å². The van der Waals surface area contributed by atoms with Gasteiger partial charge in [-0.3, -0.25) is 14.5 Å². The number of amides is 2. The van der Waals surface area contributed by atoms with Crippen LogP contribution in [0.4, 0.5) is 0 Å². The van der Waals surface area contributed by atoms with Crippen LogP contribution < -0.4 is 5.32 Å².